The summed E-state index contributed by atoms with van der Waals surface area (Å²) in [6, 6.07) is 7.38. The van der Waals surface area contributed by atoms with Crippen molar-refractivity contribution in [2.45, 2.75) is 24.5 Å². The van der Waals surface area contributed by atoms with E-state index in [2.05, 4.69) is 20.3 Å². The number of nitrogen functional groups attached to an aromatic ring is 2. The van der Waals surface area contributed by atoms with Crippen LogP contribution in [0.1, 0.15) is 18.3 Å². The van der Waals surface area contributed by atoms with Crippen molar-refractivity contribution in [2.24, 2.45) is 0 Å². The first-order chi connectivity index (χ1) is 11.0. The van der Waals surface area contributed by atoms with Gasteiger partial charge in [0.15, 0.2) is 0 Å². The molecule has 1 heterocycles. The van der Waals surface area contributed by atoms with E-state index >= 15 is 0 Å². The molecular formula is C14H17ClN6OS. The molecule has 0 fully saturated rings. The number of aromatic nitrogens is 3. The summed E-state index contributed by atoms with van der Waals surface area (Å²) < 4.78 is 0. The highest BCUT2D eigenvalue weighted by molar-refractivity contribution is 7.99. The minimum Gasteiger partial charge on any atom is -0.368 e. The zero-order valence-corrected chi connectivity index (χ0v) is 14.1. The topological polar surface area (TPSA) is 120 Å². The van der Waals surface area contributed by atoms with E-state index in [-0.39, 0.29) is 23.1 Å². The largest absolute Gasteiger partial charge is 0.368 e. The molecule has 1 amide bonds. The van der Waals surface area contributed by atoms with Crippen molar-refractivity contribution in [1.82, 2.24) is 20.3 Å². The molecule has 1 aromatic carbocycles. The molecule has 0 saturated heterocycles. The summed E-state index contributed by atoms with van der Waals surface area (Å²) in [5, 5.41) is 3.20. The fourth-order valence-corrected chi connectivity index (χ4v) is 2.73. The minimum absolute atomic E-state index is 0.0731. The Morgan fingerprint density at radius 1 is 1.26 bits per heavy atom. The Labute approximate surface area is 143 Å². The summed E-state index contributed by atoms with van der Waals surface area (Å²) in [5.41, 5.74) is 11.9. The van der Waals surface area contributed by atoms with Crippen molar-refractivity contribution in [3.05, 3.63) is 40.7 Å². The van der Waals surface area contributed by atoms with Crippen LogP contribution in [0.3, 0.4) is 0 Å². The number of carbonyl (C=O) groups excluding carboxylic acids is 1. The number of anilines is 2. The summed E-state index contributed by atoms with van der Waals surface area (Å²) >= 11 is 7.44. The first kappa shape index (κ1) is 17.3. The van der Waals surface area contributed by atoms with Crippen molar-refractivity contribution in [3.63, 3.8) is 0 Å². The summed E-state index contributed by atoms with van der Waals surface area (Å²) in [5.74, 6) is 0.918. The first-order valence-electron chi connectivity index (χ1n) is 6.84. The lowest BCUT2D eigenvalue weighted by atomic mass is 10.2. The number of benzene rings is 1. The zero-order chi connectivity index (χ0) is 16.8. The van der Waals surface area contributed by atoms with Crippen LogP contribution < -0.4 is 16.8 Å². The van der Waals surface area contributed by atoms with E-state index in [9.17, 15) is 4.79 Å². The number of rotatable bonds is 6. The summed E-state index contributed by atoms with van der Waals surface area (Å²) in [6.07, 6.45) is 0. The molecule has 1 unspecified atom stereocenters. The van der Waals surface area contributed by atoms with Crippen molar-refractivity contribution < 1.29 is 4.79 Å². The van der Waals surface area contributed by atoms with Crippen LogP contribution in [0.5, 0.6) is 0 Å². The third-order valence-electron chi connectivity index (χ3n) is 2.96. The summed E-state index contributed by atoms with van der Waals surface area (Å²) in [7, 11) is 0. The fourth-order valence-electron chi connectivity index (χ4n) is 1.76. The molecule has 1 aromatic heterocycles. The SMILES string of the molecule is CC(SCc1nc(N)nc(N)n1)C(=O)NCc1ccccc1Cl. The van der Waals surface area contributed by atoms with Gasteiger partial charge in [0.05, 0.1) is 11.0 Å². The number of halogens is 1. The Morgan fingerprint density at radius 3 is 2.57 bits per heavy atom. The van der Waals surface area contributed by atoms with E-state index < -0.39 is 0 Å². The molecule has 0 aliphatic carbocycles. The number of amides is 1. The van der Waals surface area contributed by atoms with Crippen LogP contribution in [0.4, 0.5) is 11.9 Å². The molecule has 0 aliphatic rings. The maximum absolute atomic E-state index is 12.1. The summed E-state index contributed by atoms with van der Waals surface area (Å²) in [4.78, 5) is 23.8. The van der Waals surface area contributed by atoms with Crippen LogP contribution in [0.2, 0.25) is 5.02 Å². The quantitative estimate of drug-likeness (QED) is 0.722. The van der Waals surface area contributed by atoms with Crippen LogP contribution in [0, 0.1) is 0 Å². The van der Waals surface area contributed by atoms with E-state index in [0.29, 0.717) is 23.1 Å². The van der Waals surface area contributed by atoms with Gasteiger partial charge >= 0.3 is 0 Å². The highest BCUT2D eigenvalue weighted by atomic mass is 35.5. The fraction of sp³-hybridized carbons (Fsp3) is 0.286. The Kier molecular flexibility index (Phi) is 6.00. The van der Waals surface area contributed by atoms with Crippen LogP contribution >= 0.6 is 23.4 Å². The Morgan fingerprint density at radius 2 is 1.91 bits per heavy atom. The molecule has 0 aliphatic heterocycles. The molecule has 0 saturated carbocycles. The van der Waals surface area contributed by atoms with Gasteiger partial charge in [-0.15, -0.1) is 11.8 Å². The number of thioether (sulfide) groups is 1. The Balaban J connectivity index is 1.84. The lowest BCUT2D eigenvalue weighted by molar-refractivity contribution is -0.120. The number of hydrogen-bond donors (Lipinski definition) is 3. The van der Waals surface area contributed by atoms with E-state index in [4.69, 9.17) is 23.1 Å². The average molecular weight is 353 g/mol. The normalized spacial score (nSPS) is 11.9. The van der Waals surface area contributed by atoms with Crippen molar-refractivity contribution >= 4 is 41.2 Å². The van der Waals surface area contributed by atoms with Gasteiger partial charge in [0, 0.05) is 11.6 Å². The molecule has 0 radical (unpaired) electrons. The highest BCUT2D eigenvalue weighted by Crippen LogP contribution is 2.18. The van der Waals surface area contributed by atoms with Crippen LogP contribution in [-0.4, -0.2) is 26.1 Å². The molecule has 0 spiro atoms. The lowest BCUT2D eigenvalue weighted by Gasteiger charge is -2.12. The number of nitrogens with two attached hydrogens (primary N) is 2. The van der Waals surface area contributed by atoms with E-state index in [1.807, 2.05) is 18.2 Å². The number of carbonyl (C=O) groups is 1. The first-order valence-corrected chi connectivity index (χ1v) is 8.27. The molecule has 7 nitrogen and oxygen atoms in total. The number of hydrogen-bond acceptors (Lipinski definition) is 7. The van der Waals surface area contributed by atoms with E-state index in [0.717, 1.165) is 5.56 Å². The molecule has 122 valence electrons. The predicted octanol–water partition coefficient (Wildman–Crippen LogP) is 1.63. The van der Waals surface area contributed by atoms with Gasteiger partial charge in [0.2, 0.25) is 17.8 Å². The van der Waals surface area contributed by atoms with Gasteiger partial charge in [-0.3, -0.25) is 4.79 Å². The molecular weight excluding hydrogens is 336 g/mol. The van der Waals surface area contributed by atoms with Gasteiger partial charge in [-0.25, -0.2) is 0 Å². The number of nitrogens with one attached hydrogen (secondary N) is 1. The van der Waals surface area contributed by atoms with Crippen LogP contribution in [0.25, 0.3) is 0 Å². The minimum atomic E-state index is -0.281. The highest BCUT2D eigenvalue weighted by Gasteiger charge is 2.15. The Hall–Kier alpha value is -2.06. The van der Waals surface area contributed by atoms with E-state index in [1.165, 1.54) is 11.8 Å². The molecule has 5 N–H and O–H groups in total. The van der Waals surface area contributed by atoms with Gasteiger partial charge in [-0.1, -0.05) is 29.8 Å². The second-order valence-corrected chi connectivity index (χ2v) is 6.47. The van der Waals surface area contributed by atoms with Gasteiger partial charge in [-0.05, 0) is 18.6 Å². The van der Waals surface area contributed by atoms with E-state index in [1.54, 1.807) is 13.0 Å². The van der Waals surface area contributed by atoms with Crippen molar-refractivity contribution in [3.8, 4) is 0 Å². The van der Waals surface area contributed by atoms with Crippen LogP contribution in [0.15, 0.2) is 24.3 Å². The van der Waals surface area contributed by atoms with Gasteiger partial charge < -0.3 is 16.8 Å². The average Bonchev–Trinajstić information content (AvgIpc) is 2.50. The summed E-state index contributed by atoms with van der Waals surface area (Å²) in [6.45, 7) is 2.19. The molecule has 23 heavy (non-hydrogen) atoms. The second kappa shape index (κ2) is 7.98. The molecule has 2 aromatic rings. The predicted molar refractivity (Wildman–Crippen MR) is 92.7 cm³/mol. The van der Waals surface area contributed by atoms with Crippen molar-refractivity contribution in [1.29, 1.82) is 0 Å². The zero-order valence-electron chi connectivity index (χ0n) is 12.5. The smallest absolute Gasteiger partial charge is 0.233 e. The molecule has 0 bridgehead atoms. The Bertz CT molecular complexity index is 678. The lowest BCUT2D eigenvalue weighted by Crippen LogP contribution is -2.30. The maximum atomic E-state index is 12.1. The third-order valence-corrected chi connectivity index (χ3v) is 4.47. The van der Waals surface area contributed by atoms with Gasteiger partial charge in [0.1, 0.15) is 5.82 Å². The van der Waals surface area contributed by atoms with Crippen LogP contribution in [-0.2, 0) is 17.1 Å². The van der Waals surface area contributed by atoms with Gasteiger partial charge in [-0.2, -0.15) is 15.0 Å². The molecule has 1 atom stereocenters. The monoisotopic (exact) mass is 352 g/mol. The number of nitrogens with zero attached hydrogens (tertiary/aromatic N) is 3. The molecule has 9 heteroatoms. The van der Waals surface area contributed by atoms with Gasteiger partial charge in [0.25, 0.3) is 0 Å². The van der Waals surface area contributed by atoms with Crippen molar-refractivity contribution in [2.75, 3.05) is 11.5 Å². The molecule has 2 rings (SSSR count). The maximum Gasteiger partial charge on any atom is 0.233 e. The second-order valence-electron chi connectivity index (χ2n) is 4.73. The standard InChI is InChI=1S/C14H17ClN6OS/c1-8(23-7-11-19-13(16)21-14(17)20-11)12(22)18-6-9-4-2-3-5-10(9)15/h2-5,8H,6-7H2,1H3,(H,18,22)(H4,16,17,19,20,21). The third kappa shape index (κ3) is 5.26.